The topological polar surface area (TPSA) is 6.48 Å². The Morgan fingerprint density at radius 2 is 1.46 bits per heavy atom. The molecule has 2 saturated heterocycles. The van der Waals surface area contributed by atoms with Crippen molar-refractivity contribution in [2.45, 2.75) is 63.8 Å². The summed E-state index contributed by atoms with van der Waals surface area (Å²) >= 11 is 0. The summed E-state index contributed by atoms with van der Waals surface area (Å²) in [5.74, 6) is -2.44. The van der Waals surface area contributed by atoms with E-state index in [1.54, 1.807) is 0 Å². The largest absolute Gasteiger partial charge is 0.371 e. The second-order valence-electron chi connectivity index (χ2n) is 8.41. The molecule has 1 aromatic carbocycles. The van der Waals surface area contributed by atoms with Crippen LogP contribution in [0.4, 0.5) is 14.5 Å². The molecule has 134 valence electrons. The Bertz CT molecular complexity index is 530. The van der Waals surface area contributed by atoms with Gasteiger partial charge in [-0.15, -0.1) is 0 Å². The Morgan fingerprint density at radius 3 is 1.96 bits per heavy atom. The zero-order valence-corrected chi connectivity index (χ0v) is 15.2. The molecule has 0 atom stereocenters. The van der Waals surface area contributed by atoms with E-state index >= 15 is 0 Å². The lowest BCUT2D eigenvalue weighted by atomic mass is 9.87. The lowest BCUT2D eigenvalue weighted by Gasteiger charge is -2.42. The zero-order valence-electron chi connectivity index (χ0n) is 15.2. The van der Waals surface area contributed by atoms with Crippen molar-refractivity contribution in [3.63, 3.8) is 0 Å². The van der Waals surface area contributed by atoms with Crippen LogP contribution in [0.1, 0.15) is 52.0 Å². The van der Waals surface area contributed by atoms with E-state index in [1.165, 1.54) is 11.3 Å². The minimum Gasteiger partial charge on any atom is -0.371 e. The van der Waals surface area contributed by atoms with Crippen LogP contribution in [0, 0.1) is 0 Å². The quantitative estimate of drug-likeness (QED) is 0.773. The highest BCUT2D eigenvalue weighted by molar-refractivity contribution is 5.49. The average molecular weight is 336 g/mol. The number of anilines is 1. The van der Waals surface area contributed by atoms with E-state index < -0.39 is 5.92 Å². The second kappa shape index (κ2) is 6.62. The third-order valence-corrected chi connectivity index (χ3v) is 5.61. The number of rotatable bonds is 2. The number of nitrogens with zero attached hydrogens (tertiary/aromatic N) is 2. The fourth-order valence-corrected chi connectivity index (χ4v) is 3.88. The summed E-state index contributed by atoms with van der Waals surface area (Å²) in [6.07, 6.45) is 2.21. The Hall–Kier alpha value is -1.16. The molecule has 0 unspecified atom stereocenters. The number of piperidine rings is 2. The van der Waals surface area contributed by atoms with Crippen molar-refractivity contribution in [3.05, 3.63) is 29.8 Å². The highest BCUT2D eigenvalue weighted by Crippen LogP contribution is 2.31. The third-order valence-electron chi connectivity index (χ3n) is 5.61. The molecule has 1 aromatic rings. The van der Waals surface area contributed by atoms with Gasteiger partial charge in [-0.25, -0.2) is 8.78 Å². The lowest BCUT2D eigenvalue weighted by molar-refractivity contribution is -0.0646. The highest BCUT2D eigenvalue weighted by atomic mass is 19.3. The van der Waals surface area contributed by atoms with Crippen molar-refractivity contribution in [3.8, 4) is 0 Å². The molecule has 3 rings (SSSR count). The molecule has 0 saturated carbocycles. The SMILES string of the molecule is CC(C)(C)c1ccc(N2CCC(N3CCC(F)(F)CC3)CC2)cc1. The van der Waals surface area contributed by atoms with Gasteiger partial charge in [0.2, 0.25) is 0 Å². The first kappa shape index (κ1) is 17.7. The van der Waals surface area contributed by atoms with Crippen LogP contribution in [-0.2, 0) is 5.41 Å². The normalized spacial score (nSPS) is 23.5. The first-order chi connectivity index (χ1) is 11.2. The summed E-state index contributed by atoms with van der Waals surface area (Å²) in [7, 11) is 0. The van der Waals surface area contributed by atoms with Crippen LogP contribution in [0.25, 0.3) is 0 Å². The summed E-state index contributed by atoms with van der Waals surface area (Å²) in [5.41, 5.74) is 2.82. The van der Waals surface area contributed by atoms with Crippen molar-refractivity contribution >= 4 is 5.69 Å². The number of hydrogen-bond acceptors (Lipinski definition) is 2. The van der Waals surface area contributed by atoms with Gasteiger partial charge >= 0.3 is 0 Å². The maximum absolute atomic E-state index is 13.3. The number of benzene rings is 1. The molecule has 0 spiro atoms. The molecule has 2 heterocycles. The Balaban J connectivity index is 1.54. The van der Waals surface area contributed by atoms with Crippen molar-refractivity contribution in [1.82, 2.24) is 4.90 Å². The van der Waals surface area contributed by atoms with Crippen molar-refractivity contribution in [1.29, 1.82) is 0 Å². The number of likely N-dealkylation sites (tertiary alicyclic amines) is 1. The molecule has 4 heteroatoms. The van der Waals surface area contributed by atoms with E-state index in [9.17, 15) is 8.78 Å². The van der Waals surface area contributed by atoms with Crippen molar-refractivity contribution < 1.29 is 8.78 Å². The summed E-state index contributed by atoms with van der Waals surface area (Å²) in [6, 6.07) is 9.39. The summed E-state index contributed by atoms with van der Waals surface area (Å²) in [6.45, 7) is 9.84. The fraction of sp³-hybridized carbons (Fsp3) is 0.700. The summed E-state index contributed by atoms with van der Waals surface area (Å²) in [5, 5.41) is 0. The average Bonchev–Trinajstić information content (AvgIpc) is 2.54. The fourth-order valence-electron chi connectivity index (χ4n) is 3.88. The zero-order chi connectivity index (χ0) is 17.4. The van der Waals surface area contributed by atoms with Gasteiger partial charge in [-0.2, -0.15) is 0 Å². The van der Waals surface area contributed by atoms with E-state index in [0.717, 1.165) is 25.9 Å². The Labute approximate surface area is 144 Å². The molecule has 0 radical (unpaired) electrons. The monoisotopic (exact) mass is 336 g/mol. The lowest BCUT2D eigenvalue weighted by Crippen LogP contribution is -2.49. The predicted octanol–water partition coefficient (Wildman–Crippen LogP) is 4.68. The molecule has 0 N–H and O–H groups in total. The van der Waals surface area contributed by atoms with Gasteiger partial charge in [0.25, 0.3) is 5.92 Å². The molecule has 0 aliphatic carbocycles. The molecule has 0 amide bonds. The van der Waals surface area contributed by atoms with E-state index in [4.69, 9.17) is 0 Å². The van der Waals surface area contributed by atoms with Gasteiger partial charge < -0.3 is 4.90 Å². The Morgan fingerprint density at radius 1 is 0.917 bits per heavy atom. The molecule has 2 fully saturated rings. The Kier molecular flexibility index (Phi) is 4.87. The van der Waals surface area contributed by atoms with Crippen LogP contribution in [0.15, 0.2) is 24.3 Å². The first-order valence-electron chi connectivity index (χ1n) is 9.22. The molecular formula is C20H30F2N2. The van der Waals surface area contributed by atoms with Crippen LogP contribution in [0.5, 0.6) is 0 Å². The van der Waals surface area contributed by atoms with Crippen LogP contribution < -0.4 is 4.90 Å². The highest BCUT2D eigenvalue weighted by Gasteiger charge is 2.36. The number of halogens is 2. The number of alkyl halides is 2. The van der Waals surface area contributed by atoms with Gasteiger partial charge in [-0.3, -0.25) is 4.90 Å². The van der Waals surface area contributed by atoms with Crippen LogP contribution in [-0.4, -0.2) is 43.0 Å². The van der Waals surface area contributed by atoms with E-state index in [0.29, 0.717) is 19.1 Å². The predicted molar refractivity (Wildman–Crippen MR) is 96.1 cm³/mol. The molecular weight excluding hydrogens is 306 g/mol. The van der Waals surface area contributed by atoms with E-state index in [-0.39, 0.29) is 18.3 Å². The van der Waals surface area contributed by atoms with Gasteiger partial charge in [0.15, 0.2) is 0 Å². The molecule has 2 aliphatic heterocycles. The smallest absolute Gasteiger partial charge is 0.250 e. The standard InChI is InChI=1S/C20H30F2N2/c1-19(2,3)16-4-6-17(7-5-16)23-12-8-18(9-13-23)24-14-10-20(21,22)11-15-24/h4-7,18H,8-15H2,1-3H3. The molecule has 24 heavy (non-hydrogen) atoms. The minimum atomic E-state index is -2.44. The van der Waals surface area contributed by atoms with Crippen LogP contribution >= 0.6 is 0 Å². The number of hydrogen-bond donors (Lipinski definition) is 0. The van der Waals surface area contributed by atoms with Crippen LogP contribution in [0.2, 0.25) is 0 Å². The molecule has 0 aromatic heterocycles. The third kappa shape index (κ3) is 4.08. The maximum atomic E-state index is 13.3. The van der Waals surface area contributed by atoms with Gasteiger partial charge in [0.1, 0.15) is 0 Å². The summed E-state index contributed by atoms with van der Waals surface area (Å²) < 4.78 is 26.6. The molecule has 2 nitrogen and oxygen atoms in total. The minimum absolute atomic E-state index is 0.0292. The van der Waals surface area contributed by atoms with Crippen molar-refractivity contribution in [2.75, 3.05) is 31.1 Å². The summed E-state index contributed by atoms with van der Waals surface area (Å²) in [4.78, 5) is 4.72. The van der Waals surface area contributed by atoms with Gasteiger partial charge in [-0.1, -0.05) is 32.9 Å². The van der Waals surface area contributed by atoms with Gasteiger partial charge in [0.05, 0.1) is 0 Å². The van der Waals surface area contributed by atoms with Gasteiger partial charge in [-0.05, 0) is 36.0 Å². The van der Waals surface area contributed by atoms with E-state index in [2.05, 4.69) is 54.8 Å². The molecule has 0 bridgehead atoms. The maximum Gasteiger partial charge on any atom is 0.250 e. The van der Waals surface area contributed by atoms with Crippen molar-refractivity contribution in [2.24, 2.45) is 0 Å². The van der Waals surface area contributed by atoms with Gasteiger partial charge in [0, 0.05) is 50.7 Å². The first-order valence-corrected chi connectivity index (χ1v) is 9.22. The second-order valence-corrected chi connectivity index (χ2v) is 8.41. The van der Waals surface area contributed by atoms with E-state index in [1.807, 2.05) is 0 Å². The molecule has 2 aliphatic rings. The van der Waals surface area contributed by atoms with Crippen LogP contribution in [0.3, 0.4) is 0 Å².